The van der Waals surface area contributed by atoms with Crippen LogP contribution in [0.15, 0.2) is 77.9 Å². The molecule has 2 N–H and O–H groups in total. The Hall–Kier alpha value is -3.58. The van der Waals surface area contributed by atoms with Gasteiger partial charge in [0.25, 0.3) is 0 Å². The number of hydrogen-bond donors (Lipinski definition) is 2. The number of phenols is 1. The van der Waals surface area contributed by atoms with Crippen molar-refractivity contribution >= 4 is 11.9 Å². The Morgan fingerprint density at radius 1 is 1.04 bits per heavy atom. The fraction of sp³-hybridized carbons (Fsp3) is 0.0909. The van der Waals surface area contributed by atoms with Crippen LogP contribution in [-0.4, -0.2) is 11.3 Å². The van der Waals surface area contributed by atoms with Crippen molar-refractivity contribution in [1.29, 1.82) is 5.26 Å². The maximum atomic E-state index is 10.0. The predicted octanol–water partition coefficient (Wildman–Crippen LogP) is 4.86. The van der Waals surface area contributed by atoms with Gasteiger partial charge in [-0.3, -0.25) is 5.43 Å². The minimum atomic E-state index is 0.0995. The van der Waals surface area contributed by atoms with Crippen LogP contribution in [-0.2, 0) is 0 Å². The van der Waals surface area contributed by atoms with Crippen LogP contribution in [0.1, 0.15) is 35.1 Å². The lowest BCUT2D eigenvalue weighted by atomic mass is 9.92. The van der Waals surface area contributed by atoms with Gasteiger partial charge in [0.1, 0.15) is 5.75 Å². The SMILES string of the molecule is C[C@H](c1ccc(N/N=C/c2cccc(C#N)c2)cc1)c1ccccc1O. The summed E-state index contributed by atoms with van der Waals surface area (Å²) in [5.74, 6) is 0.411. The Kier molecular flexibility index (Phi) is 5.31. The zero-order chi connectivity index (χ0) is 18.4. The van der Waals surface area contributed by atoms with E-state index in [0.29, 0.717) is 11.3 Å². The molecule has 0 aliphatic carbocycles. The monoisotopic (exact) mass is 341 g/mol. The molecule has 0 fully saturated rings. The Balaban J connectivity index is 1.67. The first kappa shape index (κ1) is 17.2. The average Bonchev–Trinajstić information content (AvgIpc) is 2.68. The number of anilines is 1. The maximum absolute atomic E-state index is 10.0. The molecule has 4 nitrogen and oxygen atoms in total. The second-order valence-electron chi connectivity index (χ2n) is 6.01. The summed E-state index contributed by atoms with van der Waals surface area (Å²) in [6, 6.07) is 24.7. The van der Waals surface area contributed by atoms with Gasteiger partial charge in [0.15, 0.2) is 0 Å². The van der Waals surface area contributed by atoms with Gasteiger partial charge in [0.2, 0.25) is 0 Å². The van der Waals surface area contributed by atoms with E-state index in [2.05, 4.69) is 23.5 Å². The first-order chi connectivity index (χ1) is 12.7. The van der Waals surface area contributed by atoms with Crippen LogP contribution in [0.2, 0.25) is 0 Å². The smallest absolute Gasteiger partial charge is 0.119 e. The second kappa shape index (κ2) is 8.00. The minimum Gasteiger partial charge on any atom is -0.508 e. The molecular formula is C22H19N3O. The molecular weight excluding hydrogens is 322 g/mol. The number of nitrogens with one attached hydrogen (secondary N) is 1. The molecule has 26 heavy (non-hydrogen) atoms. The van der Waals surface area contributed by atoms with Gasteiger partial charge in [-0.25, -0.2) is 0 Å². The molecule has 0 saturated carbocycles. The summed E-state index contributed by atoms with van der Waals surface area (Å²) in [5, 5.41) is 23.1. The van der Waals surface area contributed by atoms with Crippen LogP contribution in [0, 0.1) is 11.3 Å². The Morgan fingerprint density at radius 3 is 2.54 bits per heavy atom. The number of benzene rings is 3. The van der Waals surface area contributed by atoms with Gasteiger partial charge in [-0.1, -0.05) is 49.4 Å². The van der Waals surface area contributed by atoms with Crippen LogP contribution < -0.4 is 5.43 Å². The number of nitriles is 1. The normalized spacial score (nSPS) is 11.8. The lowest BCUT2D eigenvalue weighted by molar-refractivity contribution is 0.466. The van der Waals surface area contributed by atoms with Crippen molar-refractivity contribution < 1.29 is 5.11 Å². The molecule has 3 aromatic rings. The number of phenolic OH excluding ortho intramolecular Hbond substituents is 1. The quantitative estimate of drug-likeness (QED) is 0.514. The summed E-state index contributed by atoms with van der Waals surface area (Å²) in [4.78, 5) is 0. The lowest BCUT2D eigenvalue weighted by Gasteiger charge is -2.14. The van der Waals surface area contributed by atoms with E-state index in [1.165, 1.54) is 0 Å². The third kappa shape index (κ3) is 4.08. The molecule has 0 unspecified atom stereocenters. The minimum absolute atomic E-state index is 0.0995. The topological polar surface area (TPSA) is 68.4 Å². The molecule has 0 spiro atoms. The molecule has 1 atom stereocenters. The number of rotatable bonds is 5. The molecule has 128 valence electrons. The van der Waals surface area contributed by atoms with Crippen LogP contribution in [0.5, 0.6) is 5.75 Å². The zero-order valence-corrected chi connectivity index (χ0v) is 14.4. The van der Waals surface area contributed by atoms with E-state index in [9.17, 15) is 5.11 Å². The van der Waals surface area contributed by atoms with Crippen molar-refractivity contribution in [2.45, 2.75) is 12.8 Å². The summed E-state index contributed by atoms with van der Waals surface area (Å²) in [6.07, 6.45) is 1.68. The lowest BCUT2D eigenvalue weighted by Crippen LogP contribution is -1.97. The van der Waals surface area contributed by atoms with Crippen molar-refractivity contribution in [3.05, 3.63) is 95.1 Å². The van der Waals surface area contributed by atoms with Crippen LogP contribution in [0.3, 0.4) is 0 Å². The largest absolute Gasteiger partial charge is 0.508 e. The highest BCUT2D eigenvalue weighted by molar-refractivity contribution is 5.80. The Bertz CT molecular complexity index is 956. The molecule has 0 heterocycles. The van der Waals surface area contributed by atoms with E-state index >= 15 is 0 Å². The summed E-state index contributed by atoms with van der Waals surface area (Å²) in [6.45, 7) is 2.07. The van der Waals surface area contributed by atoms with Crippen LogP contribution in [0.4, 0.5) is 5.69 Å². The van der Waals surface area contributed by atoms with Gasteiger partial charge >= 0.3 is 0 Å². The van der Waals surface area contributed by atoms with Gasteiger partial charge in [0.05, 0.1) is 23.5 Å². The van der Waals surface area contributed by atoms with Gasteiger partial charge in [-0.15, -0.1) is 0 Å². The van der Waals surface area contributed by atoms with Crippen LogP contribution in [0.25, 0.3) is 0 Å². The molecule has 0 aliphatic rings. The molecule has 0 radical (unpaired) electrons. The highest BCUT2D eigenvalue weighted by Crippen LogP contribution is 2.31. The van der Waals surface area contributed by atoms with E-state index in [1.807, 2.05) is 54.6 Å². The van der Waals surface area contributed by atoms with E-state index in [-0.39, 0.29) is 5.92 Å². The van der Waals surface area contributed by atoms with Crippen LogP contribution >= 0.6 is 0 Å². The third-order valence-electron chi connectivity index (χ3n) is 4.24. The first-order valence-electron chi connectivity index (χ1n) is 8.34. The second-order valence-corrected chi connectivity index (χ2v) is 6.01. The van der Waals surface area contributed by atoms with Crippen molar-refractivity contribution in [3.63, 3.8) is 0 Å². The average molecular weight is 341 g/mol. The first-order valence-corrected chi connectivity index (χ1v) is 8.34. The standard InChI is InChI=1S/C22H19N3O/c1-16(21-7-2-3-8-22(21)26)19-9-11-20(12-10-19)25-24-15-18-6-4-5-17(13-18)14-23/h2-13,15-16,25-26H,1H3/b24-15+/t16-/m1/s1. The number of aromatic hydroxyl groups is 1. The number of para-hydroxylation sites is 1. The Labute approximate surface area is 153 Å². The van der Waals surface area contributed by atoms with E-state index in [0.717, 1.165) is 22.4 Å². The maximum Gasteiger partial charge on any atom is 0.119 e. The van der Waals surface area contributed by atoms with Gasteiger partial charge in [0, 0.05) is 11.5 Å². The van der Waals surface area contributed by atoms with Gasteiger partial charge < -0.3 is 5.11 Å². The van der Waals surface area contributed by atoms with Crippen molar-refractivity contribution in [1.82, 2.24) is 0 Å². The van der Waals surface area contributed by atoms with Crippen molar-refractivity contribution in [2.75, 3.05) is 5.43 Å². The predicted molar refractivity (Wildman–Crippen MR) is 104 cm³/mol. The molecule has 3 rings (SSSR count). The van der Waals surface area contributed by atoms with E-state index in [1.54, 1.807) is 24.4 Å². The highest BCUT2D eigenvalue weighted by atomic mass is 16.3. The number of hydrogen-bond acceptors (Lipinski definition) is 4. The fourth-order valence-electron chi connectivity index (χ4n) is 2.75. The molecule has 0 bridgehead atoms. The molecule has 0 aromatic heterocycles. The van der Waals surface area contributed by atoms with Crippen molar-refractivity contribution in [3.8, 4) is 11.8 Å². The molecule has 0 aliphatic heterocycles. The van der Waals surface area contributed by atoms with Crippen molar-refractivity contribution in [2.24, 2.45) is 5.10 Å². The molecule has 0 amide bonds. The molecule has 3 aromatic carbocycles. The summed E-state index contributed by atoms with van der Waals surface area (Å²) in [7, 11) is 0. The Morgan fingerprint density at radius 2 is 1.81 bits per heavy atom. The van der Waals surface area contributed by atoms with E-state index < -0.39 is 0 Å². The number of hydrazone groups is 1. The summed E-state index contributed by atoms with van der Waals surface area (Å²) >= 11 is 0. The van der Waals surface area contributed by atoms with Gasteiger partial charge in [-0.2, -0.15) is 10.4 Å². The van der Waals surface area contributed by atoms with E-state index in [4.69, 9.17) is 5.26 Å². The fourth-order valence-corrected chi connectivity index (χ4v) is 2.75. The highest BCUT2D eigenvalue weighted by Gasteiger charge is 2.11. The third-order valence-corrected chi connectivity index (χ3v) is 4.24. The zero-order valence-electron chi connectivity index (χ0n) is 14.4. The summed E-state index contributed by atoms with van der Waals surface area (Å²) < 4.78 is 0. The molecule has 4 heteroatoms. The number of nitrogens with zero attached hydrogens (tertiary/aromatic N) is 2. The molecule has 0 saturated heterocycles. The summed E-state index contributed by atoms with van der Waals surface area (Å²) in [5.41, 5.74) is 7.34. The van der Waals surface area contributed by atoms with Gasteiger partial charge in [-0.05, 0) is 41.5 Å².